The molecule has 56 valence electrons. The van der Waals surface area contributed by atoms with Gasteiger partial charge in [-0.2, -0.15) is 0 Å². The first-order valence-electron chi connectivity index (χ1n) is 3.59. The summed E-state index contributed by atoms with van der Waals surface area (Å²) in [7, 11) is 0. The first kappa shape index (κ1) is 7.32. The number of hydrogen-bond acceptors (Lipinski definition) is 2. The number of carbonyl (C=O) groups excluding carboxylic acids is 1. The fraction of sp³-hybridized carbons (Fsp3) is 0.625. The number of carbonyl (C=O) groups is 1. The van der Waals surface area contributed by atoms with E-state index in [1.54, 1.807) is 0 Å². The number of rotatable bonds is 3. The van der Waals surface area contributed by atoms with E-state index in [-0.39, 0.29) is 5.97 Å². The van der Waals surface area contributed by atoms with Gasteiger partial charge in [0.25, 0.3) is 0 Å². The zero-order valence-corrected chi connectivity index (χ0v) is 6.01. The van der Waals surface area contributed by atoms with E-state index in [2.05, 4.69) is 6.58 Å². The molecule has 0 bridgehead atoms. The second kappa shape index (κ2) is 3.40. The van der Waals surface area contributed by atoms with Crippen molar-refractivity contribution in [3.63, 3.8) is 0 Å². The lowest BCUT2D eigenvalue weighted by Crippen LogP contribution is -1.97. The van der Waals surface area contributed by atoms with Crippen molar-refractivity contribution in [3.8, 4) is 0 Å². The van der Waals surface area contributed by atoms with E-state index in [9.17, 15) is 4.79 Å². The van der Waals surface area contributed by atoms with E-state index >= 15 is 0 Å². The Bertz CT molecular complexity index is 140. The van der Waals surface area contributed by atoms with Crippen molar-refractivity contribution in [2.45, 2.75) is 19.3 Å². The van der Waals surface area contributed by atoms with Gasteiger partial charge >= 0.3 is 5.97 Å². The topological polar surface area (TPSA) is 26.3 Å². The van der Waals surface area contributed by atoms with Crippen molar-refractivity contribution in [3.05, 3.63) is 12.7 Å². The highest BCUT2D eigenvalue weighted by molar-refractivity contribution is 5.71. The molecule has 1 aliphatic heterocycles. The third-order valence-electron chi connectivity index (χ3n) is 1.71. The van der Waals surface area contributed by atoms with Gasteiger partial charge in [-0.05, 0) is 12.8 Å². The Kier molecular flexibility index (Phi) is 2.49. The van der Waals surface area contributed by atoms with Crippen LogP contribution in [0, 0.1) is 5.92 Å². The summed E-state index contributed by atoms with van der Waals surface area (Å²) >= 11 is 0. The molecule has 1 saturated heterocycles. The monoisotopic (exact) mass is 140 g/mol. The SMILES string of the molecule is C=CCCC1COC(=O)C1. The minimum Gasteiger partial charge on any atom is -0.465 e. The molecule has 1 rings (SSSR count). The van der Waals surface area contributed by atoms with Crippen LogP contribution in [0.3, 0.4) is 0 Å². The maximum absolute atomic E-state index is 10.6. The van der Waals surface area contributed by atoms with E-state index in [0.29, 0.717) is 18.9 Å². The molecule has 10 heavy (non-hydrogen) atoms. The summed E-state index contributed by atoms with van der Waals surface area (Å²) in [4.78, 5) is 10.6. The maximum Gasteiger partial charge on any atom is 0.306 e. The van der Waals surface area contributed by atoms with Gasteiger partial charge in [0.1, 0.15) is 0 Å². The summed E-state index contributed by atoms with van der Waals surface area (Å²) < 4.78 is 4.79. The fourth-order valence-electron chi connectivity index (χ4n) is 1.10. The summed E-state index contributed by atoms with van der Waals surface area (Å²) in [6.07, 6.45) is 4.51. The number of cyclic esters (lactones) is 1. The van der Waals surface area contributed by atoms with Crippen LogP contribution in [-0.2, 0) is 9.53 Å². The summed E-state index contributed by atoms with van der Waals surface area (Å²) in [5, 5.41) is 0. The molecule has 0 aromatic carbocycles. The highest BCUT2D eigenvalue weighted by Crippen LogP contribution is 2.18. The van der Waals surface area contributed by atoms with Crippen LogP contribution in [0.2, 0.25) is 0 Å². The standard InChI is InChI=1S/C8H12O2/c1-2-3-4-7-5-8(9)10-6-7/h2,7H,1,3-6H2. The molecule has 1 fully saturated rings. The second-order valence-electron chi connectivity index (χ2n) is 2.62. The molecule has 0 aromatic heterocycles. The van der Waals surface area contributed by atoms with E-state index < -0.39 is 0 Å². The van der Waals surface area contributed by atoms with Crippen LogP contribution < -0.4 is 0 Å². The molecular weight excluding hydrogens is 128 g/mol. The normalized spacial score (nSPS) is 24.4. The summed E-state index contributed by atoms with van der Waals surface area (Å²) in [5.41, 5.74) is 0. The number of esters is 1. The molecule has 2 heteroatoms. The highest BCUT2D eigenvalue weighted by Gasteiger charge is 2.22. The number of ether oxygens (including phenoxy) is 1. The van der Waals surface area contributed by atoms with Crippen LogP contribution in [0.15, 0.2) is 12.7 Å². The predicted molar refractivity (Wildman–Crippen MR) is 38.5 cm³/mol. The number of allylic oxidation sites excluding steroid dienone is 1. The van der Waals surface area contributed by atoms with Crippen LogP contribution in [0.1, 0.15) is 19.3 Å². The third-order valence-corrected chi connectivity index (χ3v) is 1.71. The Morgan fingerprint density at radius 3 is 3.10 bits per heavy atom. The lowest BCUT2D eigenvalue weighted by Gasteiger charge is -2.00. The van der Waals surface area contributed by atoms with Crippen molar-refractivity contribution >= 4 is 5.97 Å². The smallest absolute Gasteiger partial charge is 0.306 e. The lowest BCUT2D eigenvalue weighted by atomic mass is 10.0. The average Bonchev–Trinajstić information content (AvgIpc) is 2.31. The van der Waals surface area contributed by atoms with Crippen LogP contribution in [-0.4, -0.2) is 12.6 Å². The molecule has 0 radical (unpaired) electrons. The third kappa shape index (κ3) is 1.87. The van der Waals surface area contributed by atoms with Gasteiger partial charge in [-0.25, -0.2) is 0 Å². The summed E-state index contributed by atoms with van der Waals surface area (Å²) in [6, 6.07) is 0. The Morgan fingerprint density at radius 1 is 1.80 bits per heavy atom. The average molecular weight is 140 g/mol. The van der Waals surface area contributed by atoms with Gasteiger partial charge in [0.05, 0.1) is 13.0 Å². The minimum atomic E-state index is -0.0472. The van der Waals surface area contributed by atoms with Gasteiger partial charge in [0, 0.05) is 5.92 Å². The molecule has 0 spiro atoms. The Balaban J connectivity index is 2.18. The van der Waals surface area contributed by atoms with E-state index in [1.165, 1.54) is 0 Å². The predicted octanol–water partition coefficient (Wildman–Crippen LogP) is 1.52. The first-order valence-corrected chi connectivity index (χ1v) is 3.59. The fourth-order valence-corrected chi connectivity index (χ4v) is 1.10. The summed E-state index contributed by atoms with van der Waals surface area (Å²) in [5.74, 6) is 0.402. The van der Waals surface area contributed by atoms with Crippen molar-refractivity contribution in [1.82, 2.24) is 0 Å². The van der Waals surface area contributed by atoms with Crippen molar-refractivity contribution in [2.24, 2.45) is 5.92 Å². The molecule has 0 amide bonds. The Morgan fingerprint density at radius 2 is 2.60 bits per heavy atom. The van der Waals surface area contributed by atoms with Crippen LogP contribution in [0.5, 0.6) is 0 Å². The molecule has 1 aliphatic rings. The van der Waals surface area contributed by atoms with Crippen molar-refractivity contribution in [1.29, 1.82) is 0 Å². The molecular formula is C8H12O2. The largest absolute Gasteiger partial charge is 0.465 e. The molecule has 0 N–H and O–H groups in total. The van der Waals surface area contributed by atoms with Gasteiger partial charge in [-0.15, -0.1) is 6.58 Å². The zero-order chi connectivity index (χ0) is 7.40. The molecule has 0 aromatic rings. The molecule has 0 saturated carbocycles. The Hall–Kier alpha value is -0.790. The van der Waals surface area contributed by atoms with Gasteiger partial charge in [0.2, 0.25) is 0 Å². The van der Waals surface area contributed by atoms with Crippen molar-refractivity contribution in [2.75, 3.05) is 6.61 Å². The summed E-state index contributed by atoms with van der Waals surface area (Å²) in [6.45, 7) is 4.23. The molecule has 0 aliphatic carbocycles. The van der Waals surface area contributed by atoms with Gasteiger partial charge in [-0.1, -0.05) is 6.08 Å². The first-order chi connectivity index (χ1) is 4.83. The highest BCUT2D eigenvalue weighted by atomic mass is 16.5. The van der Waals surface area contributed by atoms with E-state index in [4.69, 9.17) is 4.74 Å². The minimum absolute atomic E-state index is 0.0472. The van der Waals surface area contributed by atoms with Crippen LogP contribution >= 0.6 is 0 Å². The number of hydrogen-bond donors (Lipinski definition) is 0. The van der Waals surface area contributed by atoms with Gasteiger partial charge in [-0.3, -0.25) is 4.79 Å². The van der Waals surface area contributed by atoms with E-state index in [0.717, 1.165) is 12.8 Å². The van der Waals surface area contributed by atoms with Gasteiger partial charge in [0.15, 0.2) is 0 Å². The van der Waals surface area contributed by atoms with Crippen LogP contribution in [0.4, 0.5) is 0 Å². The van der Waals surface area contributed by atoms with E-state index in [1.807, 2.05) is 6.08 Å². The lowest BCUT2D eigenvalue weighted by molar-refractivity contribution is -0.137. The molecule has 1 heterocycles. The quantitative estimate of drug-likeness (QED) is 0.439. The van der Waals surface area contributed by atoms with Gasteiger partial charge < -0.3 is 4.74 Å². The molecule has 2 nitrogen and oxygen atoms in total. The zero-order valence-electron chi connectivity index (χ0n) is 6.01. The molecule has 1 atom stereocenters. The molecule has 1 unspecified atom stereocenters. The Labute approximate surface area is 60.9 Å². The maximum atomic E-state index is 10.6. The van der Waals surface area contributed by atoms with Crippen molar-refractivity contribution < 1.29 is 9.53 Å². The van der Waals surface area contributed by atoms with Crippen LogP contribution in [0.25, 0.3) is 0 Å². The second-order valence-corrected chi connectivity index (χ2v) is 2.62.